The maximum atomic E-state index is 13.4. The molecule has 25 heavy (non-hydrogen) atoms. The second-order valence-corrected chi connectivity index (χ2v) is 7.06. The van der Waals surface area contributed by atoms with Crippen molar-refractivity contribution in [2.75, 3.05) is 0 Å². The summed E-state index contributed by atoms with van der Waals surface area (Å²) in [4.78, 5) is 15.5. The van der Waals surface area contributed by atoms with Crippen LogP contribution >= 0.6 is 0 Å². The molecule has 2 heteroatoms. The van der Waals surface area contributed by atoms with Gasteiger partial charge in [-0.25, -0.2) is 0 Å². The van der Waals surface area contributed by atoms with Crippen molar-refractivity contribution < 1.29 is 4.79 Å². The lowest BCUT2D eigenvalue weighted by molar-refractivity contribution is -0.139. The number of likely N-dealkylation sites (tertiary alicyclic amines) is 1. The van der Waals surface area contributed by atoms with Crippen LogP contribution in [-0.4, -0.2) is 10.8 Å². The van der Waals surface area contributed by atoms with Crippen molar-refractivity contribution in [2.24, 2.45) is 11.8 Å². The zero-order chi connectivity index (χ0) is 17.8. The molecule has 1 saturated heterocycles. The minimum Gasteiger partial charge on any atom is -0.328 e. The highest BCUT2D eigenvalue weighted by Crippen LogP contribution is 2.45. The topological polar surface area (TPSA) is 20.3 Å². The Morgan fingerprint density at radius 1 is 0.960 bits per heavy atom. The Labute approximate surface area is 151 Å². The molecule has 0 aliphatic carbocycles. The fourth-order valence-electron chi connectivity index (χ4n) is 3.79. The molecule has 0 bridgehead atoms. The lowest BCUT2D eigenvalue weighted by Gasteiger charge is -2.34. The zero-order valence-electron chi connectivity index (χ0n) is 15.1. The first-order chi connectivity index (χ1) is 12.1. The maximum absolute atomic E-state index is 13.4. The molecule has 2 aromatic carbocycles. The molecule has 1 fully saturated rings. The van der Waals surface area contributed by atoms with E-state index in [0.29, 0.717) is 0 Å². The van der Waals surface area contributed by atoms with E-state index < -0.39 is 0 Å². The summed E-state index contributed by atoms with van der Waals surface area (Å²) in [5.74, 6) is 0.335. The minimum atomic E-state index is -0.0620. The second-order valence-electron chi connectivity index (χ2n) is 7.06. The van der Waals surface area contributed by atoms with Gasteiger partial charge in [-0.3, -0.25) is 4.79 Å². The van der Waals surface area contributed by atoms with Crippen molar-refractivity contribution in [3.63, 3.8) is 0 Å². The number of rotatable bonds is 5. The van der Waals surface area contributed by atoms with E-state index in [0.717, 1.165) is 12.8 Å². The molecule has 0 unspecified atom stereocenters. The number of nitrogens with zero attached hydrogens (tertiary/aromatic N) is 1. The molecule has 1 heterocycles. The predicted molar refractivity (Wildman–Crippen MR) is 103 cm³/mol. The summed E-state index contributed by atoms with van der Waals surface area (Å²) in [6.45, 7) is 7.97. The third-order valence-corrected chi connectivity index (χ3v) is 5.56. The normalized spacial score (nSPS) is 22.4. The molecular formula is C23H27NO. The van der Waals surface area contributed by atoms with Gasteiger partial charge in [0, 0.05) is 5.92 Å². The largest absolute Gasteiger partial charge is 0.328 e. The van der Waals surface area contributed by atoms with E-state index in [-0.39, 0.29) is 29.8 Å². The molecule has 0 aromatic heterocycles. The van der Waals surface area contributed by atoms with Gasteiger partial charge in [-0.15, -0.1) is 6.58 Å². The van der Waals surface area contributed by atoms with Crippen LogP contribution in [0.3, 0.4) is 0 Å². The zero-order valence-corrected chi connectivity index (χ0v) is 15.1. The molecule has 4 atom stereocenters. The summed E-state index contributed by atoms with van der Waals surface area (Å²) in [6.07, 6.45) is 3.89. The molecule has 1 amide bonds. The monoisotopic (exact) mass is 333 g/mol. The van der Waals surface area contributed by atoms with Crippen molar-refractivity contribution in [1.82, 2.24) is 4.90 Å². The van der Waals surface area contributed by atoms with Crippen LogP contribution in [-0.2, 0) is 4.79 Å². The number of hydrogen-bond donors (Lipinski definition) is 0. The highest BCUT2D eigenvalue weighted by Gasteiger charge is 2.40. The first-order valence-corrected chi connectivity index (χ1v) is 9.18. The molecule has 3 rings (SSSR count). The molecule has 2 aromatic rings. The molecule has 0 N–H and O–H groups in total. The lowest BCUT2D eigenvalue weighted by Crippen LogP contribution is -2.38. The van der Waals surface area contributed by atoms with E-state index >= 15 is 0 Å². The van der Waals surface area contributed by atoms with Gasteiger partial charge in [0.1, 0.15) is 0 Å². The van der Waals surface area contributed by atoms with Gasteiger partial charge in [-0.05, 0) is 29.9 Å². The number of carbonyl (C=O) groups is 1. The first kappa shape index (κ1) is 17.5. The van der Waals surface area contributed by atoms with Crippen LogP contribution in [0.4, 0.5) is 0 Å². The third-order valence-electron chi connectivity index (χ3n) is 5.56. The Morgan fingerprint density at radius 2 is 1.40 bits per heavy atom. The summed E-state index contributed by atoms with van der Waals surface area (Å²) in [6, 6.07) is 21.2. The van der Waals surface area contributed by atoms with Crippen LogP contribution in [0.25, 0.3) is 0 Å². The Morgan fingerprint density at radius 3 is 1.80 bits per heavy atom. The highest BCUT2D eigenvalue weighted by atomic mass is 16.2. The summed E-state index contributed by atoms with van der Waals surface area (Å²) < 4.78 is 0. The third kappa shape index (κ3) is 3.53. The molecule has 0 saturated carbocycles. The maximum Gasteiger partial charge on any atom is 0.227 e. The van der Waals surface area contributed by atoms with E-state index in [9.17, 15) is 4.79 Å². The smallest absolute Gasteiger partial charge is 0.227 e. The van der Waals surface area contributed by atoms with Gasteiger partial charge in [0.2, 0.25) is 5.91 Å². The van der Waals surface area contributed by atoms with Crippen LogP contribution < -0.4 is 0 Å². The molecule has 1 aliphatic rings. The van der Waals surface area contributed by atoms with E-state index in [2.05, 4.69) is 66.9 Å². The fourth-order valence-corrected chi connectivity index (χ4v) is 3.79. The molecule has 2 nitrogen and oxygen atoms in total. The van der Waals surface area contributed by atoms with Gasteiger partial charge in [0.05, 0.1) is 12.1 Å². The number of carbonyl (C=O) groups excluding carboxylic acids is 1. The molecule has 0 radical (unpaired) electrons. The Bertz CT molecular complexity index is 662. The summed E-state index contributed by atoms with van der Waals surface area (Å²) in [7, 11) is 0. The molecule has 1 aliphatic heterocycles. The summed E-state index contributed by atoms with van der Waals surface area (Å²) >= 11 is 0. The van der Waals surface area contributed by atoms with Gasteiger partial charge >= 0.3 is 0 Å². The van der Waals surface area contributed by atoms with Crippen LogP contribution in [0.5, 0.6) is 0 Å². The van der Waals surface area contributed by atoms with Gasteiger partial charge in [0.25, 0.3) is 0 Å². The van der Waals surface area contributed by atoms with Crippen LogP contribution in [0.15, 0.2) is 73.3 Å². The summed E-state index contributed by atoms with van der Waals surface area (Å²) in [5, 5.41) is 0. The first-order valence-electron chi connectivity index (χ1n) is 9.18. The number of benzene rings is 2. The standard InChI is InChI=1S/C23H27NO/c1-4-17(2)18(3)23(25)24-21(19-11-7-5-8-12-19)15-16-22(24)20-13-9-6-10-14-20/h4-14,17-18,21-22H,1,15-16H2,2-3H3/t17-,18+,21+,22+/m0/s1. The van der Waals surface area contributed by atoms with Gasteiger partial charge in [-0.1, -0.05) is 80.6 Å². The quantitative estimate of drug-likeness (QED) is 0.657. The average Bonchev–Trinajstić information content (AvgIpc) is 3.12. The van der Waals surface area contributed by atoms with E-state index in [1.165, 1.54) is 11.1 Å². The van der Waals surface area contributed by atoms with Gasteiger partial charge in [-0.2, -0.15) is 0 Å². The Balaban J connectivity index is 1.97. The van der Waals surface area contributed by atoms with Crippen LogP contribution in [0, 0.1) is 11.8 Å². The minimum absolute atomic E-state index is 0.0620. The van der Waals surface area contributed by atoms with Crippen molar-refractivity contribution in [3.8, 4) is 0 Å². The average molecular weight is 333 g/mol. The molecule has 130 valence electrons. The summed E-state index contributed by atoms with van der Waals surface area (Å²) in [5.41, 5.74) is 2.46. The molecular weight excluding hydrogens is 306 g/mol. The predicted octanol–water partition coefficient (Wildman–Crippen LogP) is 5.55. The number of allylic oxidation sites excluding steroid dienone is 1. The van der Waals surface area contributed by atoms with Crippen LogP contribution in [0.2, 0.25) is 0 Å². The Hall–Kier alpha value is -2.35. The number of hydrogen-bond acceptors (Lipinski definition) is 1. The number of amides is 1. The van der Waals surface area contributed by atoms with E-state index in [1.807, 2.05) is 25.1 Å². The fraction of sp³-hybridized carbons (Fsp3) is 0.348. The van der Waals surface area contributed by atoms with Crippen molar-refractivity contribution >= 4 is 5.91 Å². The van der Waals surface area contributed by atoms with Crippen molar-refractivity contribution in [3.05, 3.63) is 84.4 Å². The molecule has 0 spiro atoms. The van der Waals surface area contributed by atoms with Gasteiger partial charge < -0.3 is 4.90 Å². The Kier molecular flexibility index (Phi) is 5.37. The van der Waals surface area contributed by atoms with E-state index in [4.69, 9.17) is 0 Å². The highest BCUT2D eigenvalue weighted by molar-refractivity contribution is 5.80. The SMILES string of the molecule is C=C[C@H](C)[C@@H](C)C(=O)N1[C@@H](c2ccccc2)CC[C@@H]1c1ccccc1. The lowest BCUT2D eigenvalue weighted by atomic mass is 9.93. The van der Waals surface area contributed by atoms with E-state index in [1.54, 1.807) is 0 Å². The van der Waals surface area contributed by atoms with Crippen LogP contribution in [0.1, 0.15) is 49.9 Å². The van der Waals surface area contributed by atoms with Crippen molar-refractivity contribution in [1.29, 1.82) is 0 Å². The van der Waals surface area contributed by atoms with Crippen molar-refractivity contribution in [2.45, 2.75) is 38.8 Å². The second kappa shape index (κ2) is 7.69. The van der Waals surface area contributed by atoms with Gasteiger partial charge in [0.15, 0.2) is 0 Å².